The van der Waals surface area contributed by atoms with E-state index < -0.39 is 9.05 Å². The van der Waals surface area contributed by atoms with Gasteiger partial charge in [0.25, 0.3) is 9.05 Å². The lowest BCUT2D eigenvalue weighted by molar-refractivity contribution is 0.112. The Hall–Kier alpha value is -1.40. The zero-order valence-electron chi connectivity index (χ0n) is 7.27. The van der Waals surface area contributed by atoms with Crippen LogP contribution in [0, 0.1) is 0 Å². The summed E-state index contributed by atoms with van der Waals surface area (Å²) < 4.78 is 22.6. The Kier molecular flexibility index (Phi) is 2.24. The van der Waals surface area contributed by atoms with Crippen molar-refractivity contribution in [3.63, 3.8) is 0 Å². The number of halogens is 1. The molecule has 1 heterocycles. The van der Waals surface area contributed by atoms with Crippen molar-refractivity contribution in [3.05, 3.63) is 24.0 Å². The van der Waals surface area contributed by atoms with E-state index in [-0.39, 0.29) is 16.0 Å². The summed E-state index contributed by atoms with van der Waals surface area (Å²) in [7, 11) is 1.25. The van der Waals surface area contributed by atoms with E-state index in [9.17, 15) is 13.2 Å². The average Bonchev–Trinajstić information content (AvgIpc) is 2.61. The van der Waals surface area contributed by atoms with E-state index in [4.69, 9.17) is 10.7 Å². The van der Waals surface area contributed by atoms with Crippen LogP contribution in [-0.2, 0) is 9.05 Å². The van der Waals surface area contributed by atoms with Crippen LogP contribution in [0.3, 0.4) is 0 Å². The molecule has 0 aliphatic rings. The molecule has 5 nitrogen and oxygen atoms in total. The first-order valence-corrected chi connectivity index (χ1v) is 6.21. The molecule has 0 fully saturated rings. The van der Waals surface area contributed by atoms with Crippen molar-refractivity contribution in [2.45, 2.75) is 4.90 Å². The highest BCUT2D eigenvalue weighted by Crippen LogP contribution is 2.26. The van der Waals surface area contributed by atoms with Gasteiger partial charge in [-0.15, -0.1) is 0 Å². The predicted molar refractivity (Wildman–Crippen MR) is 54.5 cm³/mol. The molecular formula is C8H5ClN2O3S. The van der Waals surface area contributed by atoms with Gasteiger partial charge in [0.05, 0.1) is 11.8 Å². The van der Waals surface area contributed by atoms with Gasteiger partial charge in [0.15, 0.2) is 6.29 Å². The van der Waals surface area contributed by atoms with Gasteiger partial charge in [-0.3, -0.25) is 4.79 Å². The molecule has 2 aromatic rings. The molecule has 1 aromatic heterocycles. The fourth-order valence-electron chi connectivity index (χ4n) is 1.35. The molecule has 0 aliphatic carbocycles. The van der Waals surface area contributed by atoms with Crippen LogP contribution in [0.1, 0.15) is 10.4 Å². The van der Waals surface area contributed by atoms with Crippen molar-refractivity contribution in [2.24, 2.45) is 0 Å². The molecule has 0 spiro atoms. The molecule has 0 amide bonds. The van der Waals surface area contributed by atoms with Gasteiger partial charge in [-0.05, 0) is 12.1 Å². The molecule has 0 aliphatic heterocycles. The molecule has 0 radical (unpaired) electrons. The lowest BCUT2D eigenvalue weighted by Gasteiger charge is -2.00. The first-order valence-electron chi connectivity index (χ1n) is 3.90. The van der Waals surface area contributed by atoms with Gasteiger partial charge in [-0.2, -0.15) is 0 Å². The third kappa shape index (κ3) is 1.62. The average molecular weight is 245 g/mol. The molecule has 2 rings (SSSR count). The zero-order chi connectivity index (χ0) is 11.1. The molecule has 0 bridgehead atoms. The Bertz CT molecular complexity index is 632. The van der Waals surface area contributed by atoms with Crippen LogP contribution in [-0.4, -0.2) is 24.7 Å². The topological polar surface area (TPSA) is 79.9 Å². The second-order valence-corrected chi connectivity index (χ2v) is 5.34. The maximum atomic E-state index is 11.3. The summed E-state index contributed by atoms with van der Waals surface area (Å²) in [6.07, 6.45) is 1.77. The molecule has 15 heavy (non-hydrogen) atoms. The number of nitrogens with zero attached hydrogens (tertiary/aromatic N) is 1. The number of rotatable bonds is 2. The number of aromatic amines is 1. The van der Waals surface area contributed by atoms with Crippen LogP contribution in [0.5, 0.6) is 0 Å². The third-order valence-electron chi connectivity index (χ3n) is 1.95. The first-order chi connectivity index (χ1) is 7.04. The minimum Gasteiger partial charge on any atom is -0.345 e. The molecule has 7 heteroatoms. The van der Waals surface area contributed by atoms with Crippen molar-refractivity contribution in [2.75, 3.05) is 0 Å². The van der Waals surface area contributed by atoms with Crippen LogP contribution in [0.15, 0.2) is 23.4 Å². The second-order valence-electron chi connectivity index (χ2n) is 2.84. The largest absolute Gasteiger partial charge is 0.345 e. The van der Waals surface area contributed by atoms with E-state index in [0.29, 0.717) is 11.8 Å². The number of fused-ring (bicyclic) bond motifs is 1. The maximum Gasteiger partial charge on any atom is 0.264 e. The number of aromatic nitrogens is 2. The fourth-order valence-corrected chi connectivity index (χ4v) is 2.62. The summed E-state index contributed by atoms with van der Waals surface area (Å²) in [5, 5.41) is 0. The lowest BCUT2D eigenvalue weighted by Crippen LogP contribution is -1.98. The molecule has 78 valence electrons. The summed E-state index contributed by atoms with van der Waals surface area (Å²) in [6.45, 7) is 0. The number of hydrogen-bond acceptors (Lipinski definition) is 4. The van der Waals surface area contributed by atoms with Gasteiger partial charge < -0.3 is 4.98 Å². The van der Waals surface area contributed by atoms with Crippen molar-refractivity contribution >= 4 is 37.1 Å². The normalized spacial score (nSPS) is 11.8. The Morgan fingerprint density at radius 1 is 1.40 bits per heavy atom. The van der Waals surface area contributed by atoms with E-state index in [2.05, 4.69) is 9.97 Å². The van der Waals surface area contributed by atoms with Crippen LogP contribution in [0.4, 0.5) is 0 Å². The summed E-state index contributed by atoms with van der Waals surface area (Å²) in [5.41, 5.74) is 0.694. The number of aldehydes is 1. The summed E-state index contributed by atoms with van der Waals surface area (Å²) in [6, 6.07) is 2.94. The van der Waals surface area contributed by atoms with E-state index in [1.54, 1.807) is 6.07 Å². The van der Waals surface area contributed by atoms with Crippen molar-refractivity contribution < 1.29 is 13.2 Å². The predicted octanol–water partition coefficient (Wildman–Crippen LogP) is 1.30. The number of nitrogens with one attached hydrogen (secondary N) is 1. The minimum atomic E-state index is -3.98. The highest BCUT2D eigenvalue weighted by Gasteiger charge is 2.20. The third-order valence-corrected chi connectivity index (χ3v) is 3.33. The van der Waals surface area contributed by atoms with Crippen LogP contribution in [0.25, 0.3) is 11.0 Å². The zero-order valence-corrected chi connectivity index (χ0v) is 8.84. The van der Waals surface area contributed by atoms with Gasteiger partial charge in [-0.1, -0.05) is 0 Å². The van der Waals surface area contributed by atoms with Gasteiger partial charge in [0, 0.05) is 16.2 Å². The lowest BCUT2D eigenvalue weighted by atomic mass is 10.2. The van der Waals surface area contributed by atoms with Gasteiger partial charge in [0.2, 0.25) is 0 Å². The Morgan fingerprint density at radius 2 is 2.13 bits per heavy atom. The van der Waals surface area contributed by atoms with Gasteiger partial charge in [0.1, 0.15) is 10.4 Å². The van der Waals surface area contributed by atoms with Gasteiger partial charge in [-0.25, -0.2) is 13.4 Å². The van der Waals surface area contributed by atoms with E-state index in [1.165, 1.54) is 12.4 Å². The number of benzene rings is 1. The molecular weight excluding hydrogens is 240 g/mol. The Balaban J connectivity index is 2.99. The number of hydrogen-bond donors (Lipinski definition) is 1. The first kappa shape index (κ1) is 10.1. The molecule has 1 aromatic carbocycles. The van der Waals surface area contributed by atoms with Crippen molar-refractivity contribution in [3.8, 4) is 0 Å². The van der Waals surface area contributed by atoms with E-state index in [0.717, 1.165) is 0 Å². The number of carbonyl (C=O) groups excluding carboxylic acids is 1. The van der Waals surface area contributed by atoms with E-state index >= 15 is 0 Å². The minimum absolute atomic E-state index is 0.00426. The Labute approximate surface area is 89.5 Å². The summed E-state index contributed by atoms with van der Waals surface area (Å²) in [4.78, 5) is 17.0. The summed E-state index contributed by atoms with van der Waals surface area (Å²) in [5.74, 6) is 0. The summed E-state index contributed by atoms with van der Waals surface area (Å²) >= 11 is 0. The highest BCUT2D eigenvalue weighted by atomic mass is 35.7. The molecule has 1 N–H and O–H groups in total. The molecule has 0 saturated carbocycles. The number of H-pyrrole nitrogens is 1. The van der Waals surface area contributed by atoms with Gasteiger partial charge >= 0.3 is 0 Å². The van der Waals surface area contributed by atoms with Crippen LogP contribution >= 0.6 is 10.7 Å². The quantitative estimate of drug-likeness (QED) is 0.638. The number of carbonyl (C=O) groups is 1. The van der Waals surface area contributed by atoms with Crippen LogP contribution < -0.4 is 0 Å². The maximum absolute atomic E-state index is 11.3. The SMILES string of the molecule is O=Cc1ccc2[nH]cnc2c1S(=O)(=O)Cl. The van der Waals surface area contributed by atoms with Crippen molar-refractivity contribution in [1.82, 2.24) is 9.97 Å². The van der Waals surface area contributed by atoms with Crippen molar-refractivity contribution in [1.29, 1.82) is 0 Å². The standard InChI is InChI=1S/C8H5ClN2O3S/c9-15(13,14)8-5(3-12)1-2-6-7(8)11-4-10-6/h1-4H,(H,10,11). The smallest absolute Gasteiger partial charge is 0.264 e. The van der Waals surface area contributed by atoms with Crippen LogP contribution in [0.2, 0.25) is 0 Å². The highest BCUT2D eigenvalue weighted by molar-refractivity contribution is 8.14. The molecule has 0 atom stereocenters. The molecule has 0 saturated heterocycles. The Morgan fingerprint density at radius 3 is 2.73 bits per heavy atom. The second kappa shape index (κ2) is 3.32. The fraction of sp³-hybridized carbons (Fsp3) is 0. The monoisotopic (exact) mass is 244 g/mol. The van der Waals surface area contributed by atoms with E-state index in [1.807, 2.05) is 0 Å². The number of imidazole rings is 1. The molecule has 0 unspecified atom stereocenters.